The lowest BCUT2D eigenvalue weighted by molar-refractivity contribution is 0.109. The van der Waals surface area contributed by atoms with Crippen LogP contribution in [0.2, 0.25) is 0 Å². The molecule has 16 heavy (non-hydrogen) atoms. The van der Waals surface area contributed by atoms with E-state index in [0.29, 0.717) is 6.04 Å². The van der Waals surface area contributed by atoms with Crippen LogP contribution in [0, 0.1) is 0 Å². The number of rotatable bonds is 2. The summed E-state index contributed by atoms with van der Waals surface area (Å²) in [5.74, 6) is 0. The van der Waals surface area contributed by atoms with Crippen molar-refractivity contribution >= 4 is 11.3 Å². The lowest BCUT2D eigenvalue weighted by Crippen LogP contribution is -2.56. The van der Waals surface area contributed by atoms with Crippen molar-refractivity contribution in [2.24, 2.45) is 5.73 Å². The van der Waals surface area contributed by atoms with E-state index in [1.165, 1.54) is 32.2 Å². The van der Waals surface area contributed by atoms with Gasteiger partial charge in [0.15, 0.2) is 0 Å². The third-order valence-corrected chi connectivity index (χ3v) is 5.27. The molecule has 2 nitrogen and oxygen atoms in total. The molecule has 1 saturated carbocycles. The standard InChI is InChI=1S/C13H20N2S/c1-10-11-4-8-16-12(11)3-7-15(10)9-13(14)5-2-6-13/h4,8,10H,2-3,5-7,9,14H2,1H3. The van der Waals surface area contributed by atoms with E-state index in [1.807, 2.05) is 11.3 Å². The minimum absolute atomic E-state index is 0.127. The summed E-state index contributed by atoms with van der Waals surface area (Å²) < 4.78 is 0. The second-order valence-corrected chi connectivity index (χ2v) is 6.41. The Morgan fingerprint density at radius 3 is 3.06 bits per heavy atom. The summed E-state index contributed by atoms with van der Waals surface area (Å²) in [4.78, 5) is 4.16. The van der Waals surface area contributed by atoms with Crippen molar-refractivity contribution in [2.75, 3.05) is 13.1 Å². The maximum Gasteiger partial charge on any atom is 0.0331 e. The van der Waals surface area contributed by atoms with E-state index in [0.717, 1.165) is 6.54 Å². The second kappa shape index (κ2) is 3.83. The van der Waals surface area contributed by atoms with Gasteiger partial charge in [-0.1, -0.05) is 0 Å². The average Bonchev–Trinajstić information content (AvgIpc) is 2.68. The molecule has 2 heterocycles. The minimum atomic E-state index is 0.127. The van der Waals surface area contributed by atoms with Crippen molar-refractivity contribution in [3.05, 3.63) is 21.9 Å². The molecule has 0 bridgehead atoms. The van der Waals surface area contributed by atoms with Crippen LogP contribution in [0.3, 0.4) is 0 Å². The molecule has 2 N–H and O–H groups in total. The Balaban J connectivity index is 1.74. The SMILES string of the molecule is CC1c2ccsc2CCN1CC1(N)CCC1. The van der Waals surface area contributed by atoms with Gasteiger partial charge in [-0.3, -0.25) is 4.90 Å². The van der Waals surface area contributed by atoms with Gasteiger partial charge < -0.3 is 5.73 Å². The third kappa shape index (κ3) is 1.71. The van der Waals surface area contributed by atoms with Crippen molar-refractivity contribution < 1.29 is 0 Å². The molecule has 0 aromatic carbocycles. The highest BCUT2D eigenvalue weighted by Gasteiger charge is 2.37. The van der Waals surface area contributed by atoms with Crippen molar-refractivity contribution in [1.29, 1.82) is 0 Å². The van der Waals surface area contributed by atoms with Crippen molar-refractivity contribution in [3.63, 3.8) is 0 Å². The molecule has 88 valence electrons. The van der Waals surface area contributed by atoms with E-state index in [1.54, 1.807) is 10.4 Å². The number of hydrogen-bond acceptors (Lipinski definition) is 3. The third-order valence-electron chi connectivity index (χ3n) is 4.27. The molecule has 3 rings (SSSR count). The van der Waals surface area contributed by atoms with Crippen LogP contribution in [0.15, 0.2) is 11.4 Å². The fourth-order valence-corrected chi connectivity index (χ4v) is 3.93. The van der Waals surface area contributed by atoms with E-state index in [4.69, 9.17) is 5.73 Å². The zero-order valence-corrected chi connectivity index (χ0v) is 10.7. The largest absolute Gasteiger partial charge is 0.324 e. The normalized spacial score (nSPS) is 28.5. The molecule has 3 heteroatoms. The van der Waals surface area contributed by atoms with Gasteiger partial charge in [-0.05, 0) is 49.6 Å². The summed E-state index contributed by atoms with van der Waals surface area (Å²) in [5, 5.41) is 2.23. The Bertz CT molecular complexity index is 381. The predicted octanol–water partition coefficient (Wildman–Crippen LogP) is 2.55. The molecule has 1 aromatic heterocycles. The molecular weight excluding hydrogens is 216 g/mol. The van der Waals surface area contributed by atoms with Crippen LogP contribution < -0.4 is 5.73 Å². The van der Waals surface area contributed by atoms with E-state index in [2.05, 4.69) is 23.3 Å². The topological polar surface area (TPSA) is 29.3 Å². The maximum absolute atomic E-state index is 6.35. The zero-order chi connectivity index (χ0) is 11.2. The summed E-state index contributed by atoms with van der Waals surface area (Å²) in [6.07, 6.45) is 4.97. The summed E-state index contributed by atoms with van der Waals surface area (Å²) in [6.45, 7) is 4.60. The number of thiophene rings is 1. The molecule has 1 unspecified atom stereocenters. The highest BCUT2D eigenvalue weighted by Crippen LogP contribution is 2.36. The van der Waals surface area contributed by atoms with Crippen LogP contribution in [0.5, 0.6) is 0 Å². The quantitative estimate of drug-likeness (QED) is 0.855. The molecule has 0 saturated heterocycles. The van der Waals surface area contributed by atoms with Crippen molar-refractivity contribution in [3.8, 4) is 0 Å². The number of nitrogens with two attached hydrogens (primary N) is 1. The molecule has 1 aromatic rings. The summed E-state index contributed by atoms with van der Waals surface area (Å²) in [5.41, 5.74) is 8.02. The molecule has 1 aliphatic heterocycles. The first-order valence-corrected chi connectivity index (χ1v) is 7.15. The van der Waals surface area contributed by atoms with Gasteiger partial charge in [0.05, 0.1) is 0 Å². The second-order valence-electron chi connectivity index (χ2n) is 5.41. The van der Waals surface area contributed by atoms with Gasteiger partial charge in [0.25, 0.3) is 0 Å². The zero-order valence-electron chi connectivity index (χ0n) is 9.91. The molecule has 1 fully saturated rings. The molecule has 0 radical (unpaired) electrons. The predicted molar refractivity (Wildman–Crippen MR) is 68.8 cm³/mol. The highest BCUT2D eigenvalue weighted by molar-refractivity contribution is 7.10. The van der Waals surface area contributed by atoms with Crippen molar-refractivity contribution in [2.45, 2.75) is 44.2 Å². The van der Waals surface area contributed by atoms with Crippen LogP contribution in [0.1, 0.15) is 42.7 Å². The molecule has 1 atom stereocenters. The number of hydrogen-bond donors (Lipinski definition) is 1. The average molecular weight is 236 g/mol. The van der Waals surface area contributed by atoms with Crippen LogP contribution in [0.25, 0.3) is 0 Å². The fraction of sp³-hybridized carbons (Fsp3) is 0.692. The first kappa shape index (κ1) is 10.8. The summed E-state index contributed by atoms with van der Waals surface area (Å²) in [6, 6.07) is 2.86. The van der Waals surface area contributed by atoms with Gasteiger partial charge >= 0.3 is 0 Å². The molecule has 2 aliphatic rings. The summed E-state index contributed by atoms with van der Waals surface area (Å²) >= 11 is 1.91. The maximum atomic E-state index is 6.35. The highest BCUT2D eigenvalue weighted by atomic mass is 32.1. The number of fused-ring (bicyclic) bond motifs is 1. The lowest BCUT2D eigenvalue weighted by atomic mass is 9.77. The lowest BCUT2D eigenvalue weighted by Gasteiger charge is -2.45. The Kier molecular flexibility index (Phi) is 2.57. The van der Waals surface area contributed by atoms with Gasteiger partial charge in [-0.25, -0.2) is 0 Å². The first-order chi connectivity index (χ1) is 7.68. The van der Waals surface area contributed by atoms with Gasteiger partial charge in [0.2, 0.25) is 0 Å². The van der Waals surface area contributed by atoms with Crippen molar-refractivity contribution in [1.82, 2.24) is 4.90 Å². The molecular formula is C13H20N2S. The van der Waals surface area contributed by atoms with Crippen LogP contribution >= 0.6 is 11.3 Å². The van der Waals surface area contributed by atoms with E-state index in [9.17, 15) is 0 Å². The minimum Gasteiger partial charge on any atom is -0.324 e. The van der Waals surface area contributed by atoms with Crippen LogP contribution in [-0.4, -0.2) is 23.5 Å². The Labute approximate surface area is 101 Å². The fourth-order valence-electron chi connectivity index (χ4n) is 2.97. The van der Waals surface area contributed by atoms with E-state index in [-0.39, 0.29) is 5.54 Å². The molecule has 1 aliphatic carbocycles. The summed E-state index contributed by atoms with van der Waals surface area (Å²) in [7, 11) is 0. The number of nitrogens with zero attached hydrogens (tertiary/aromatic N) is 1. The van der Waals surface area contributed by atoms with E-state index >= 15 is 0 Å². The molecule has 0 amide bonds. The van der Waals surface area contributed by atoms with Gasteiger partial charge in [0, 0.05) is 29.5 Å². The van der Waals surface area contributed by atoms with Crippen LogP contribution in [-0.2, 0) is 6.42 Å². The smallest absolute Gasteiger partial charge is 0.0331 e. The van der Waals surface area contributed by atoms with Gasteiger partial charge in [0.1, 0.15) is 0 Å². The molecule has 0 spiro atoms. The Morgan fingerprint density at radius 1 is 1.56 bits per heavy atom. The van der Waals surface area contributed by atoms with Gasteiger partial charge in [-0.2, -0.15) is 0 Å². The first-order valence-electron chi connectivity index (χ1n) is 6.27. The van der Waals surface area contributed by atoms with E-state index < -0.39 is 0 Å². The monoisotopic (exact) mass is 236 g/mol. The van der Waals surface area contributed by atoms with Gasteiger partial charge in [-0.15, -0.1) is 11.3 Å². The Morgan fingerprint density at radius 2 is 2.38 bits per heavy atom. The Hall–Kier alpha value is -0.380. The van der Waals surface area contributed by atoms with Crippen LogP contribution in [0.4, 0.5) is 0 Å².